The van der Waals surface area contributed by atoms with Crippen molar-refractivity contribution in [3.63, 3.8) is 0 Å². The third kappa shape index (κ3) is 5.00. The minimum Gasteiger partial charge on any atom is -0.496 e. The van der Waals surface area contributed by atoms with E-state index in [1.54, 1.807) is 35.1 Å². The van der Waals surface area contributed by atoms with Crippen LogP contribution in [0.3, 0.4) is 0 Å². The molecule has 2 aromatic carbocycles. The van der Waals surface area contributed by atoms with E-state index >= 15 is 0 Å². The van der Waals surface area contributed by atoms with Gasteiger partial charge in [0.15, 0.2) is 0 Å². The van der Waals surface area contributed by atoms with E-state index in [4.69, 9.17) is 9.47 Å². The number of ether oxygens (including phenoxy) is 2. The van der Waals surface area contributed by atoms with Crippen molar-refractivity contribution in [3.8, 4) is 11.5 Å². The monoisotopic (exact) mass is 498 g/mol. The third-order valence-corrected chi connectivity index (χ3v) is 6.73. The number of amides is 2. The highest BCUT2D eigenvalue weighted by Crippen LogP contribution is 2.24. The molecule has 3 heterocycles. The maximum absolute atomic E-state index is 13.4. The number of piperazine rings is 1. The van der Waals surface area contributed by atoms with Gasteiger partial charge in [0.25, 0.3) is 11.8 Å². The molecule has 2 aromatic heterocycles. The van der Waals surface area contributed by atoms with Crippen LogP contribution in [-0.4, -0.2) is 64.3 Å². The van der Waals surface area contributed by atoms with Crippen LogP contribution in [0, 0.1) is 13.8 Å². The van der Waals surface area contributed by atoms with Crippen molar-refractivity contribution < 1.29 is 19.1 Å². The average Bonchev–Trinajstić information content (AvgIpc) is 3.36. The molecule has 2 amide bonds. The normalized spacial score (nSPS) is 13.6. The lowest BCUT2D eigenvalue weighted by atomic mass is 10.1. The largest absolute Gasteiger partial charge is 0.496 e. The molecule has 0 aliphatic carbocycles. The molecule has 0 saturated carbocycles. The van der Waals surface area contributed by atoms with Crippen molar-refractivity contribution in [3.05, 3.63) is 94.9 Å². The Morgan fingerprint density at radius 2 is 1.59 bits per heavy atom. The average molecular weight is 499 g/mol. The molecule has 1 fully saturated rings. The van der Waals surface area contributed by atoms with Gasteiger partial charge in [0.1, 0.15) is 23.8 Å². The Labute approximate surface area is 216 Å². The van der Waals surface area contributed by atoms with Crippen molar-refractivity contribution in [2.24, 2.45) is 0 Å². The summed E-state index contributed by atoms with van der Waals surface area (Å²) in [6.07, 6.45) is 3.89. The first-order valence-corrected chi connectivity index (χ1v) is 12.3. The lowest BCUT2D eigenvalue weighted by Crippen LogP contribution is -2.50. The number of hydrogen-bond donors (Lipinski definition) is 0. The van der Waals surface area contributed by atoms with Gasteiger partial charge >= 0.3 is 0 Å². The number of rotatable bonds is 6. The number of methoxy groups -OCH3 is 1. The van der Waals surface area contributed by atoms with E-state index in [9.17, 15) is 9.59 Å². The first-order chi connectivity index (χ1) is 17.9. The van der Waals surface area contributed by atoms with Crippen LogP contribution in [0.1, 0.15) is 37.5 Å². The molecule has 5 rings (SSSR count). The molecule has 0 bridgehead atoms. The summed E-state index contributed by atoms with van der Waals surface area (Å²) in [5.74, 6) is 1.05. The van der Waals surface area contributed by atoms with Gasteiger partial charge in [0.2, 0.25) is 0 Å². The summed E-state index contributed by atoms with van der Waals surface area (Å²) in [6, 6.07) is 16.7. The van der Waals surface area contributed by atoms with Crippen LogP contribution in [-0.2, 0) is 6.61 Å². The van der Waals surface area contributed by atoms with E-state index in [0.717, 1.165) is 22.5 Å². The van der Waals surface area contributed by atoms with E-state index < -0.39 is 0 Å². The number of benzene rings is 2. The Hall–Kier alpha value is -4.33. The predicted octanol–water partition coefficient (Wildman–Crippen LogP) is 4.14. The maximum Gasteiger partial charge on any atom is 0.257 e. The number of nitrogens with zero attached hydrogens (tertiary/aromatic N) is 4. The summed E-state index contributed by atoms with van der Waals surface area (Å²) in [7, 11) is 1.60. The Kier molecular flexibility index (Phi) is 6.81. The van der Waals surface area contributed by atoms with Crippen molar-refractivity contribution in [2.75, 3.05) is 33.3 Å². The molecule has 0 N–H and O–H groups in total. The Morgan fingerprint density at radius 1 is 0.865 bits per heavy atom. The van der Waals surface area contributed by atoms with Crippen LogP contribution in [0.2, 0.25) is 0 Å². The van der Waals surface area contributed by atoms with Crippen LogP contribution in [0.5, 0.6) is 11.5 Å². The van der Waals surface area contributed by atoms with Gasteiger partial charge in [-0.15, -0.1) is 0 Å². The van der Waals surface area contributed by atoms with Gasteiger partial charge in [-0.2, -0.15) is 0 Å². The first-order valence-electron chi connectivity index (χ1n) is 12.3. The quantitative estimate of drug-likeness (QED) is 0.400. The number of aryl methyl sites for hydroxylation is 2. The number of para-hydroxylation sites is 1. The van der Waals surface area contributed by atoms with Crippen LogP contribution in [0.15, 0.2) is 67.0 Å². The van der Waals surface area contributed by atoms with E-state index in [1.165, 1.54) is 0 Å². The minimum absolute atomic E-state index is 0.0585. The molecule has 190 valence electrons. The third-order valence-electron chi connectivity index (χ3n) is 6.73. The zero-order valence-corrected chi connectivity index (χ0v) is 21.3. The molecule has 1 aliphatic heterocycles. The highest BCUT2D eigenvalue weighted by atomic mass is 16.5. The van der Waals surface area contributed by atoms with Gasteiger partial charge in [0, 0.05) is 44.1 Å². The SMILES string of the molecule is COc1cc(C(=O)N2CCN(C(=O)c3ccccc3OCc3cn4cccc(C)c4n3)CC2)ccc1C. The highest BCUT2D eigenvalue weighted by molar-refractivity contribution is 5.98. The molecular weight excluding hydrogens is 468 g/mol. The predicted molar refractivity (Wildman–Crippen MR) is 140 cm³/mol. The standard InChI is InChI=1S/C29H30N4O4/c1-20-10-11-22(17-26(20)36-3)28(34)31-13-15-32(16-14-31)29(35)24-8-4-5-9-25(24)37-19-23-18-33-12-6-7-21(2)27(33)30-23/h4-12,17-18H,13-16,19H2,1-3H3. The van der Waals surface area contributed by atoms with Gasteiger partial charge in [-0.05, 0) is 55.3 Å². The zero-order valence-electron chi connectivity index (χ0n) is 21.3. The molecule has 0 atom stereocenters. The van der Waals surface area contributed by atoms with Crippen molar-refractivity contribution in [1.82, 2.24) is 19.2 Å². The summed E-state index contributed by atoms with van der Waals surface area (Å²) < 4.78 is 13.4. The number of carbonyl (C=O) groups excluding carboxylic acids is 2. The van der Waals surface area contributed by atoms with Crippen molar-refractivity contribution in [1.29, 1.82) is 0 Å². The fraction of sp³-hybridized carbons (Fsp3) is 0.276. The highest BCUT2D eigenvalue weighted by Gasteiger charge is 2.27. The maximum atomic E-state index is 13.4. The molecular formula is C29H30N4O4. The van der Waals surface area contributed by atoms with Crippen LogP contribution in [0.25, 0.3) is 5.65 Å². The second-order valence-electron chi connectivity index (χ2n) is 9.21. The Bertz CT molecular complexity index is 1450. The molecule has 8 heteroatoms. The van der Waals surface area contributed by atoms with Gasteiger partial charge < -0.3 is 23.7 Å². The number of hydrogen-bond acceptors (Lipinski definition) is 5. The Morgan fingerprint density at radius 3 is 2.32 bits per heavy atom. The number of aromatic nitrogens is 2. The second-order valence-corrected chi connectivity index (χ2v) is 9.21. The second kappa shape index (κ2) is 10.3. The molecule has 0 radical (unpaired) electrons. The lowest BCUT2D eigenvalue weighted by Gasteiger charge is -2.35. The van der Waals surface area contributed by atoms with E-state index in [1.807, 2.05) is 67.0 Å². The fourth-order valence-electron chi connectivity index (χ4n) is 4.61. The summed E-state index contributed by atoms with van der Waals surface area (Å²) >= 11 is 0. The van der Waals surface area contributed by atoms with Gasteiger partial charge in [-0.3, -0.25) is 9.59 Å². The van der Waals surface area contributed by atoms with Crippen molar-refractivity contribution in [2.45, 2.75) is 20.5 Å². The topological polar surface area (TPSA) is 76.4 Å². The smallest absolute Gasteiger partial charge is 0.257 e. The number of imidazole rings is 1. The lowest BCUT2D eigenvalue weighted by molar-refractivity contribution is 0.0532. The number of pyridine rings is 1. The summed E-state index contributed by atoms with van der Waals surface area (Å²) in [6.45, 7) is 6.05. The number of carbonyl (C=O) groups is 2. The van der Waals surface area contributed by atoms with Crippen LogP contribution in [0.4, 0.5) is 0 Å². The summed E-state index contributed by atoms with van der Waals surface area (Å²) in [4.78, 5) is 34.6. The van der Waals surface area contributed by atoms with Crippen LogP contribution >= 0.6 is 0 Å². The fourth-order valence-corrected chi connectivity index (χ4v) is 4.61. The van der Waals surface area contributed by atoms with Crippen LogP contribution < -0.4 is 9.47 Å². The zero-order chi connectivity index (χ0) is 25.9. The van der Waals surface area contributed by atoms with Gasteiger partial charge in [-0.1, -0.05) is 24.3 Å². The van der Waals surface area contributed by atoms with E-state index in [2.05, 4.69) is 4.98 Å². The summed E-state index contributed by atoms with van der Waals surface area (Å²) in [5.41, 5.74) is 4.84. The molecule has 4 aromatic rings. The molecule has 0 unspecified atom stereocenters. The first kappa shape index (κ1) is 24.4. The molecule has 0 spiro atoms. The minimum atomic E-state index is -0.106. The molecule has 1 aliphatic rings. The summed E-state index contributed by atoms with van der Waals surface area (Å²) in [5, 5.41) is 0. The van der Waals surface area contributed by atoms with Gasteiger partial charge in [0.05, 0.1) is 18.4 Å². The van der Waals surface area contributed by atoms with E-state index in [-0.39, 0.29) is 18.4 Å². The molecule has 37 heavy (non-hydrogen) atoms. The Balaban J connectivity index is 1.23. The van der Waals surface area contributed by atoms with Gasteiger partial charge in [-0.25, -0.2) is 4.98 Å². The molecule has 8 nitrogen and oxygen atoms in total. The van der Waals surface area contributed by atoms with Crippen molar-refractivity contribution >= 4 is 17.5 Å². The van der Waals surface area contributed by atoms with E-state index in [0.29, 0.717) is 48.8 Å². The number of fused-ring (bicyclic) bond motifs is 1. The molecule has 1 saturated heterocycles.